The fourth-order valence-corrected chi connectivity index (χ4v) is 1.09. The second kappa shape index (κ2) is 2.34. The van der Waals surface area contributed by atoms with E-state index in [9.17, 15) is 4.79 Å². The van der Waals surface area contributed by atoms with Crippen LogP contribution in [-0.4, -0.2) is 9.97 Å². The van der Waals surface area contributed by atoms with E-state index in [1.807, 2.05) is 0 Å². The van der Waals surface area contributed by atoms with Gasteiger partial charge < -0.3 is 10.7 Å². The topological polar surface area (TPSA) is 71.8 Å². The zero-order chi connectivity index (χ0) is 8.55. The van der Waals surface area contributed by atoms with Gasteiger partial charge in [-0.25, -0.2) is 0 Å². The number of aromatic nitrogens is 2. The molecule has 2 heterocycles. The zero-order valence-corrected chi connectivity index (χ0v) is 6.24. The highest BCUT2D eigenvalue weighted by Gasteiger charge is 1.97. The largest absolute Gasteiger partial charge is 0.398 e. The smallest absolute Gasteiger partial charge is 0.250 e. The van der Waals surface area contributed by atoms with Gasteiger partial charge >= 0.3 is 0 Å². The molecule has 0 spiro atoms. The molecule has 4 heteroatoms. The van der Waals surface area contributed by atoms with E-state index in [2.05, 4.69) is 9.97 Å². The molecule has 0 atom stereocenters. The van der Waals surface area contributed by atoms with Crippen LogP contribution in [-0.2, 0) is 0 Å². The van der Waals surface area contributed by atoms with Crippen LogP contribution in [0.5, 0.6) is 0 Å². The predicted octanol–water partition coefficient (Wildman–Crippen LogP) is 0.505. The molecule has 0 aliphatic carbocycles. The summed E-state index contributed by atoms with van der Waals surface area (Å²) in [4.78, 5) is 17.4. The first kappa shape index (κ1) is 6.84. The normalized spacial score (nSPS) is 10.3. The van der Waals surface area contributed by atoms with Crippen molar-refractivity contribution in [2.45, 2.75) is 0 Å². The third-order valence-electron chi connectivity index (χ3n) is 1.68. The molecule has 0 bridgehead atoms. The van der Waals surface area contributed by atoms with E-state index in [1.54, 1.807) is 18.5 Å². The Labute approximate surface area is 68.1 Å². The number of nitrogen functional groups attached to an aromatic ring is 1. The quantitative estimate of drug-likeness (QED) is 0.591. The molecule has 0 fully saturated rings. The van der Waals surface area contributed by atoms with Crippen LogP contribution in [0.25, 0.3) is 10.9 Å². The van der Waals surface area contributed by atoms with E-state index in [-0.39, 0.29) is 5.56 Å². The molecule has 60 valence electrons. The molecule has 12 heavy (non-hydrogen) atoms. The molecule has 0 unspecified atom stereocenters. The van der Waals surface area contributed by atoms with Crippen LogP contribution < -0.4 is 11.3 Å². The van der Waals surface area contributed by atoms with Crippen LogP contribution in [0.2, 0.25) is 0 Å². The summed E-state index contributed by atoms with van der Waals surface area (Å²) in [5, 5.41) is 0.775. The van der Waals surface area contributed by atoms with Crippen molar-refractivity contribution in [3.63, 3.8) is 0 Å². The van der Waals surface area contributed by atoms with Gasteiger partial charge in [-0.15, -0.1) is 0 Å². The van der Waals surface area contributed by atoms with Crippen molar-refractivity contribution < 1.29 is 0 Å². The Bertz CT molecular complexity index is 475. The minimum Gasteiger partial charge on any atom is -0.398 e. The average molecular weight is 161 g/mol. The number of nitrogens with zero attached hydrogens (tertiary/aromatic N) is 1. The van der Waals surface area contributed by atoms with Crippen LogP contribution >= 0.6 is 0 Å². The summed E-state index contributed by atoms with van der Waals surface area (Å²) >= 11 is 0. The Kier molecular flexibility index (Phi) is 1.33. The maximum atomic E-state index is 10.9. The molecule has 2 aromatic rings. The summed E-state index contributed by atoms with van der Waals surface area (Å²) in [6.07, 6.45) is 3.15. The third kappa shape index (κ3) is 0.934. The van der Waals surface area contributed by atoms with Gasteiger partial charge in [-0.3, -0.25) is 9.78 Å². The van der Waals surface area contributed by atoms with Gasteiger partial charge in [0.15, 0.2) is 0 Å². The van der Waals surface area contributed by atoms with Gasteiger partial charge in [0.05, 0.1) is 5.52 Å². The number of rotatable bonds is 0. The lowest BCUT2D eigenvalue weighted by Crippen LogP contribution is -2.03. The molecule has 0 radical (unpaired) electrons. The number of fused-ring (bicyclic) bond motifs is 1. The molecular formula is C8H7N3O. The number of pyridine rings is 2. The van der Waals surface area contributed by atoms with E-state index in [1.165, 1.54) is 6.07 Å². The molecule has 0 saturated carbocycles. The van der Waals surface area contributed by atoms with Crippen molar-refractivity contribution >= 4 is 16.6 Å². The van der Waals surface area contributed by atoms with Crippen molar-refractivity contribution in [2.24, 2.45) is 0 Å². The summed E-state index contributed by atoms with van der Waals surface area (Å²) in [7, 11) is 0. The minimum atomic E-state index is -0.166. The van der Waals surface area contributed by atoms with Gasteiger partial charge in [-0.2, -0.15) is 0 Å². The standard InChI is InChI=1S/C8H7N3O/c9-6-1-2-10-7-3-8(12)11-4-5(6)7/h1-4H,(H2,9,10)(H,11,12). The maximum Gasteiger partial charge on any atom is 0.250 e. The number of aromatic amines is 1. The molecule has 0 aliphatic rings. The van der Waals surface area contributed by atoms with Crippen molar-refractivity contribution in [1.82, 2.24) is 9.97 Å². The summed E-state index contributed by atoms with van der Waals surface area (Å²) in [6, 6.07) is 3.12. The fraction of sp³-hybridized carbons (Fsp3) is 0. The van der Waals surface area contributed by atoms with Crippen LogP contribution in [0.1, 0.15) is 0 Å². The molecule has 0 aliphatic heterocycles. The molecule has 2 aromatic heterocycles. The summed E-state index contributed by atoms with van der Waals surface area (Å²) in [6.45, 7) is 0. The van der Waals surface area contributed by atoms with Gasteiger partial charge in [0, 0.05) is 29.5 Å². The van der Waals surface area contributed by atoms with Gasteiger partial charge in [0.25, 0.3) is 0 Å². The SMILES string of the molecule is Nc1ccnc2cc(=O)[nH]cc12. The first-order chi connectivity index (χ1) is 5.77. The van der Waals surface area contributed by atoms with Gasteiger partial charge in [-0.05, 0) is 6.07 Å². The second-order valence-electron chi connectivity index (χ2n) is 2.50. The van der Waals surface area contributed by atoms with Gasteiger partial charge in [0.1, 0.15) is 0 Å². The minimum absolute atomic E-state index is 0.166. The number of H-pyrrole nitrogens is 1. The second-order valence-corrected chi connectivity index (χ2v) is 2.50. The Morgan fingerprint density at radius 3 is 3.17 bits per heavy atom. The number of nitrogens with one attached hydrogen (secondary N) is 1. The van der Waals surface area contributed by atoms with E-state index in [0.29, 0.717) is 11.2 Å². The molecule has 2 rings (SSSR count). The van der Waals surface area contributed by atoms with E-state index in [0.717, 1.165) is 5.39 Å². The highest BCUT2D eigenvalue weighted by molar-refractivity contribution is 5.88. The molecule has 0 amide bonds. The average Bonchev–Trinajstić information content (AvgIpc) is 2.04. The molecular weight excluding hydrogens is 154 g/mol. The van der Waals surface area contributed by atoms with Crippen LogP contribution in [0.15, 0.2) is 29.3 Å². The van der Waals surface area contributed by atoms with E-state index < -0.39 is 0 Å². The van der Waals surface area contributed by atoms with Crippen LogP contribution in [0, 0.1) is 0 Å². The molecule has 3 N–H and O–H groups in total. The first-order valence-corrected chi connectivity index (χ1v) is 3.50. The predicted molar refractivity (Wildman–Crippen MR) is 46.8 cm³/mol. The Morgan fingerprint density at radius 2 is 2.33 bits per heavy atom. The maximum absolute atomic E-state index is 10.9. The van der Waals surface area contributed by atoms with E-state index >= 15 is 0 Å². The lowest BCUT2D eigenvalue weighted by Gasteiger charge is -1.97. The van der Waals surface area contributed by atoms with Gasteiger partial charge in [-0.1, -0.05) is 0 Å². The van der Waals surface area contributed by atoms with E-state index in [4.69, 9.17) is 5.73 Å². The summed E-state index contributed by atoms with van der Waals surface area (Å²) in [5.41, 5.74) is 6.72. The molecule has 4 nitrogen and oxygen atoms in total. The lowest BCUT2D eigenvalue weighted by atomic mass is 10.2. The monoisotopic (exact) mass is 161 g/mol. The van der Waals surface area contributed by atoms with Gasteiger partial charge in [0.2, 0.25) is 5.56 Å². The number of hydrogen-bond donors (Lipinski definition) is 2. The highest BCUT2D eigenvalue weighted by atomic mass is 16.1. The highest BCUT2D eigenvalue weighted by Crippen LogP contribution is 2.14. The number of nitrogens with two attached hydrogens (primary N) is 1. The Morgan fingerprint density at radius 1 is 1.50 bits per heavy atom. The Hall–Kier alpha value is -1.84. The van der Waals surface area contributed by atoms with Crippen LogP contribution in [0.3, 0.4) is 0 Å². The zero-order valence-electron chi connectivity index (χ0n) is 6.24. The molecule has 0 aromatic carbocycles. The fourth-order valence-electron chi connectivity index (χ4n) is 1.09. The summed E-state index contributed by atoms with van der Waals surface area (Å²) in [5.74, 6) is 0. The first-order valence-electron chi connectivity index (χ1n) is 3.50. The van der Waals surface area contributed by atoms with Crippen molar-refractivity contribution in [3.8, 4) is 0 Å². The number of anilines is 1. The molecule has 0 saturated heterocycles. The third-order valence-corrected chi connectivity index (χ3v) is 1.68. The lowest BCUT2D eigenvalue weighted by molar-refractivity contribution is 1.25. The van der Waals surface area contributed by atoms with Crippen LogP contribution in [0.4, 0.5) is 5.69 Å². The van der Waals surface area contributed by atoms with Crippen molar-refractivity contribution in [1.29, 1.82) is 0 Å². The Balaban J connectivity index is 2.96. The van der Waals surface area contributed by atoms with Crippen molar-refractivity contribution in [2.75, 3.05) is 5.73 Å². The number of hydrogen-bond acceptors (Lipinski definition) is 3. The summed E-state index contributed by atoms with van der Waals surface area (Å²) < 4.78 is 0. The van der Waals surface area contributed by atoms with Crippen molar-refractivity contribution in [3.05, 3.63) is 34.9 Å².